The third kappa shape index (κ3) is 3.55. The van der Waals surface area contributed by atoms with Gasteiger partial charge in [-0.05, 0) is 52.7 Å². The highest BCUT2D eigenvalue weighted by Gasteiger charge is 2.32. The fourth-order valence-electron chi connectivity index (χ4n) is 4.14. The molecule has 0 amide bonds. The average Bonchev–Trinajstić information content (AvgIpc) is 2.51. The first-order valence-electron chi connectivity index (χ1n) is 8.21. The highest BCUT2D eigenvalue weighted by molar-refractivity contribution is 9.10. The number of hydrogen-bond donors (Lipinski definition) is 1. The summed E-state index contributed by atoms with van der Waals surface area (Å²) in [6.07, 6.45) is 14.8. The van der Waals surface area contributed by atoms with Crippen molar-refractivity contribution in [2.24, 2.45) is 11.8 Å². The lowest BCUT2D eigenvalue weighted by atomic mass is 9.71. The van der Waals surface area contributed by atoms with E-state index in [0.717, 1.165) is 16.4 Å². The van der Waals surface area contributed by atoms with Crippen molar-refractivity contribution in [3.8, 4) is 0 Å². The molecule has 0 aliphatic heterocycles. The first-order valence-corrected chi connectivity index (χ1v) is 9.00. The van der Waals surface area contributed by atoms with Gasteiger partial charge in [-0.15, -0.1) is 0 Å². The van der Waals surface area contributed by atoms with E-state index in [1.165, 1.54) is 63.5 Å². The van der Waals surface area contributed by atoms with Crippen LogP contribution in [-0.4, -0.2) is 11.0 Å². The summed E-state index contributed by atoms with van der Waals surface area (Å²) in [5, 5.41) is 3.77. The molecule has 20 heavy (non-hydrogen) atoms. The van der Waals surface area contributed by atoms with Gasteiger partial charge < -0.3 is 5.32 Å². The lowest BCUT2D eigenvalue weighted by Gasteiger charge is -2.39. The van der Waals surface area contributed by atoms with Crippen LogP contribution in [0, 0.1) is 11.8 Å². The van der Waals surface area contributed by atoms with Gasteiger partial charge in [0.05, 0.1) is 11.9 Å². The number of nitrogens with zero attached hydrogens (tertiary/aromatic N) is 1. The Kier molecular flexibility index (Phi) is 4.98. The van der Waals surface area contributed by atoms with Gasteiger partial charge >= 0.3 is 0 Å². The molecule has 1 aromatic heterocycles. The Labute approximate surface area is 130 Å². The van der Waals surface area contributed by atoms with Crippen LogP contribution in [0.4, 0.5) is 5.69 Å². The number of hydrogen-bond acceptors (Lipinski definition) is 2. The van der Waals surface area contributed by atoms with Gasteiger partial charge in [0.1, 0.15) is 4.60 Å². The van der Waals surface area contributed by atoms with E-state index in [-0.39, 0.29) is 0 Å². The SMILES string of the molecule is Brc1ccc(NC2CCCCC2C2CCCCC2)cn1. The molecule has 2 nitrogen and oxygen atoms in total. The Hall–Kier alpha value is -0.570. The third-order valence-corrected chi connectivity index (χ3v) is 5.62. The lowest BCUT2D eigenvalue weighted by Crippen LogP contribution is -2.37. The summed E-state index contributed by atoms with van der Waals surface area (Å²) in [6, 6.07) is 4.83. The smallest absolute Gasteiger partial charge is 0.106 e. The molecule has 0 bridgehead atoms. The molecule has 0 spiro atoms. The number of pyridine rings is 1. The fraction of sp³-hybridized carbons (Fsp3) is 0.706. The number of nitrogens with one attached hydrogen (secondary N) is 1. The van der Waals surface area contributed by atoms with Crippen LogP contribution in [0.5, 0.6) is 0 Å². The molecule has 1 heterocycles. The Morgan fingerprint density at radius 2 is 1.70 bits per heavy atom. The molecule has 1 N–H and O–H groups in total. The van der Waals surface area contributed by atoms with E-state index in [4.69, 9.17) is 0 Å². The van der Waals surface area contributed by atoms with Crippen molar-refractivity contribution in [1.82, 2.24) is 4.98 Å². The summed E-state index contributed by atoms with van der Waals surface area (Å²) in [5.41, 5.74) is 1.18. The molecular weight excluding hydrogens is 312 g/mol. The maximum atomic E-state index is 4.34. The Morgan fingerprint density at radius 3 is 2.45 bits per heavy atom. The number of rotatable bonds is 3. The zero-order valence-corrected chi connectivity index (χ0v) is 13.7. The molecule has 0 saturated heterocycles. The molecule has 2 unspecified atom stereocenters. The van der Waals surface area contributed by atoms with Gasteiger partial charge in [0.2, 0.25) is 0 Å². The van der Waals surface area contributed by atoms with Crippen molar-refractivity contribution in [1.29, 1.82) is 0 Å². The van der Waals surface area contributed by atoms with E-state index < -0.39 is 0 Å². The second-order valence-electron chi connectivity index (χ2n) is 6.47. The summed E-state index contributed by atoms with van der Waals surface area (Å²) >= 11 is 3.41. The number of halogens is 1. The predicted octanol–water partition coefficient (Wildman–Crippen LogP) is 5.40. The largest absolute Gasteiger partial charge is 0.381 e. The molecule has 2 saturated carbocycles. The summed E-state index contributed by atoms with van der Waals surface area (Å²) in [4.78, 5) is 4.34. The molecule has 110 valence electrons. The molecule has 2 aliphatic carbocycles. The molecular formula is C17H25BrN2. The predicted molar refractivity (Wildman–Crippen MR) is 87.9 cm³/mol. The Morgan fingerprint density at radius 1 is 0.950 bits per heavy atom. The van der Waals surface area contributed by atoms with Gasteiger partial charge in [-0.3, -0.25) is 0 Å². The first kappa shape index (κ1) is 14.4. The molecule has 0 aromatic carbocycles. The third-order valence-electron chi connectivity index (χ3n) is 5.15. The molecule has 2 fully saturated rings. The molecule has 2 aliphatic rings. The van der Waals surface area contributed by atoms with E-state index in [9.17, 15) is 0 Å². The average molecular weight is 337 g/mol. The van der Waals surface area contributed by atoms with Gasteiger partial charge in [-0.2, -0.15) is 0 Å². The fourth-order valence-corrected chi connectivity index (χ4v) is 4.38. The van der Waals surface area contributed by atoms with E-state index in [1.807, 2.05) is 12.3 Å². The number of anilines is 1. The lowest BCUT2D eigenvalue weighted by molar-refractivity contribution is 0.180. The normalized spacial score (nSPS) is 28.2. The second kappa shape index (κ2) is 6.93. The van der Waals surface area contributed by atoms with Crippen molar-refractivity contribution in [2.45, 2.75) is 63.8 Å². The van der Waals surface area contributed by atoms with Crippen molar-refractivity contribution in [2.75, 3.05) is 5.32 Å². The second-order valence-corrected chi connectivity index (χ2v) is 7.28. The Bertz CT molecular complexity index is 412. The van der Waals surface area contributed by atoms with Gasteiger partial charge in [-0.25, -0.2) is 4.98 Å². The molecule has 2 atom stereocenters. The van der Waals surface area contributed by atoms with Crippen LogP contribution in [0.25, 0.3) is 0 Å². The summed E-state index contributed by atoms with van der Waals surface area (Å²) < 4.78 is 0.913. The standard InChI is InChI=1S/C17H25BrN2/c18-17-11-10-14(12-19-17)20-16-9-5-4-8-15(16)13-6-2-1-3-7-13/h10-13,15-16,20H,1-9H2. The van der Waals surface area contributed by atoms with Crippen LogP contribution in [0.15, 0.2) is 22.9 Å². The minimum atomic E-state index is 0.662. The Balaban J connectivity index is 1.66. The van der Waals surface area contributed by atoms with Crippen LogP contribution in [0.1, 0.15) is 57.8 Å². The van der Waals surface area contributed by atoms with Crippen LogP contribution in [0.3, 0.4) is 0 Å². The van der Waals surface area contributed by atoms with Crippen molar-refractivity contribution in [3.05, 3.63) is 22.9 Å². The minimum Gasteiger partial charge on any atom is -0.381 e. The first-order chi connectivity index (χ1) is 9.83. The van der Waals surface area contributed by atoms with Gasteiger partial charge in [0.25, 0.3) is 0 Å². The van der Waals surface area contributed by atoms with E-state index >= 15 is 0 Å². The zero-order valence-electron chi connectivity index (χ0n) is 12.2. The topological polar surface area (TPSA) is 24.9 Å². The molecule has 3 rings (SSSR count). The monoisotopic (exact) mass is 336 g/mol. The van der Waals surface area contributed by atoms with Crippen molar-refractivity contribution in [3.63, 3.8) is 0 Å². The number of aromatic nitrogens is 1. The van der Waals surface area contributed by atoms with E-state index in [2.05, 4.69) is 32.3 Å². The molecule has 3 heteroatoms. The van der Waals surface area contributed by atoms with Crippen molar-refractivity contribution < 1.29 is 0 Å². The van der Waals surface area contributed by atoms with Gasteiger partial charge in [-0.1, -0.05) is 44.9 Å². The summed E-state index contributed by atoms with van der Waals surface area (Å²) in [7, 11) is 0. The highest BCUT2D eigenvalue weighted by atomic mass is 79.9. The van der Waals surface area contributed by atoms with Gasteiger partial charge in [0, 0.05) is 6.04 Å². The van der Waals surface area contributed by atoms with Gasteiger partial charge in [0.15, 0.2) is 0 Å². The van der Waals surface area contributed by atoms with E-state index in [0.29, 0.717) is 6.04 Å². The van der Waals surface area contributed by atoms with Crippen LogP contribution in [-0.2, 0) is 0 Å². The zero-order chi connectivity index (χ0) is 13.8. The van der Waals surface area contributed by atoms with Crippen LogP contribution < -0.4 is 5.32 Å². The van der Waals surface area contributed by atoms with Crippen LogP contribution in [0.2, 0.25) is 0 Å². The van der Waals surface area contributed by atoms with Crippen LogP contribution >= 0.6 is 15.9 Å². The minimum absolute atomic E-state index is 0.662. The highest BCUT2D eigenvalue weighted by Crippen LogP contribution is 2.39. The summed E-state index contributed by atoms with van der Waals surface area (Å²) in [6.45, 7) is 0. The molecule has 0 radical (unpaired) electrons. The summed E-state index contributed by atoms with van der Waals surface area (Å²) in [5.74, 6) is 1.85. The molecule has 1 aromatic rings. The van der Waals surface area contributed by atoms with Crippen molar-refractivity contribution >= 4 is 21.6 Å². The van der Waals surface area contributed by atoms with E-state index in [1.54, 1.807) is 0 Å². The maximum absolute atomic E-state index is 4.34. The maximum Gasteiger partial charge on any atom is 0.106 e. The quantitative estimate of drug-likeness (QED) is 0.748.